The Kier molecular flexibility index (Phi) is 29.8. The van der Waals surface area contributed by atoms with Gasteiger partial charge in [-0.05, 0) is 178 Å². The number of esters is 1. The molecular weight excluding hydrogens is 1790 g/mol. The number of carbonyl (C=O) groups is 5. The van der Waals surface area contributed by atoms with Crippen LogP contribution < -0.4 is 21.4 Å². The zero-order valence-corrected chi connectivity index (χ0v) is 76.0. The molecule has 15 rings (SSSR count). The molecule has 0 radical (unpaired) electrons. The van der Waals surface area contributed by atoms with Gasteiger partial charge < -0.3 is 179 Å². The highest BCUT2D eigenvalue weighted by molar-refractivity contribution is 7.80. The molecule has 0 unspecified atom stereocenters. The molecule has 6 aliphatic carbocycles. The number of aliphatic hydroxyl groups excluding tert-OH is 16. The Morgan fingerprint density at radius 1 is 0.604 bits per heavy atom. The van der Waals surface area contributed by atoms with Crippen LogP contribution in [-0.4, -0.2) is 349 Å². The predicted molar refractivity (Wildman–Crippen MR) is 463 cm³/mol. The molecule has 13 aliphatic rings. The number of aliphatic carboxylic acids is 1. The van der Waals surface area contributed by atoms with Crippen molar-refractivity contribution < 1.29 is 182 Å². The number of aryl methyl sites for hydroxylation is 1. The van der Waals surface area contributed by atoms with Crippen molar-refractivity contribution >= 4 is 64.1 Å². The molecule has 4 saturated carbocycles. The highest BCUT2D eigenvalue weighted by atomic mass is 32.1. The van der Waals surface area contributed by atoms with Gasteiger partial charge in [0.05, 0.1) is 61.8 Å². The van der Waals surface area contributed by atoms with Gasteiger partial charge in [0.2, 0.25) is 12.2 Å². The van der Waals surface area contributed by atoms with E-state index in [4.69, 9.17) is 73.5 Å². The molecule has 22 N–H and O–H groups in total. The second kappa shape index (κ2) is 39.5. The van der Waals surface area contributed by atoms with Crippen LogP contribution >= 0.6 is 12.2 Å². The van der Waals surface area contributed by atoms with Crippen LogP contribution in [0, 0.1) is 57.2 Å². The average Bonchev–Trinajstić information content (AvgIpc) is 0.667. The second-order valence-corrected chi connectivity index (χ2v) is 40.3. The van der Waals surface area contributed by atoms with Gasteiger partial charge in [0.1, 0.15) is 139 Å². The molecule has 1 amide bonds. The Morgan fingerprint density at radius 3 is 1.91 bits per heavy atom. The van der Waals surface area contributed by atoms with Crippen LogP contribution in [0.4, 0.5) is 5.69 Å². The number of thiocarbonyl (C=S) groups is 1. The second-order valence-electron chi connectivity index (χ2n) is 39.9. The number of benzene rings is 3. The number of phenolic OH excluding ortho intramolecular Hbond substituents is 1. The summed E-state index contributed by atoms with van der Waals surface area (Å²) >= 11 is 5.65. The molecule has 742 valence electrons. The number of carboxylic acid groups (broad SMARTS) is 2. The first-order chi connectivity index (χ1) is 63.3. The monoisotopic (exact) mass is 1910 g/mol. The topological polar surface area (TPSA) is 647 Å². The highest BCUT2D eigenvalue weighted by Gasteiger charge is 2.73. The van der Waals surface area contributed by atoms with Crippen molar-refractivity contribution in [1.82, 2.24) is 10.6 Å². The molecule has 42 heteroatoms. The number of aldehydes is 1. The number of phenols is 1. The van der Waals surface area contributed by atoms with E-state index in [0.29, 0.717) is 84.7 Å². The number of aromatic hydroxyl groups is 1. The van der Waals surface area contributed by atoms with Crippen molar-refractivity contribution in [3.8, 4) is 28.2 Å². The van der Waals surface area contributed by atoms with E-state index in [-0.39, 0.29) is 77.8 Å². The van der Waals surface area contributed by atoms with Gasteiger partial charge in [0, 0.05) is 52.9 Å². The minimum absolute atomic E-state index is 0.0304. The number of ether oxygens (including phenoxy) is 12. The van der Waals surface area contributed by atoms with Gasteiger partial charge in [-0.25, -0.2) is 9.59 Å². The van der Waals surface area contributed by atoms with E-state index >= 15 is 4.79 Å². The zero-order chi connectivity index (χ0) is 97.0. The summed E-state index contributed by atoms with van der Waals surface area (Å²) in [7, 11) is 0. The molecule has 134 heavy (non-hydrogen) atoms. The fraction of sp³-hybridized carbons (Fsp3) is 0.707. The van der Waals surface area contributed by atoms with E-state index in [1.165, 1.54) is 37.3 Å². The lowest BCUT2D eigenvalue weighted by molar-refractivity contribution is -0.391. The summed E-state index contributed by atoms with van der Waals surface area (Å²) in [6, 6.07) is 10.1. The lowest BCUT2D eigenvalue weighted by Crippen LogP contribution is -2.70. The highest BCUT2D eigenvalue weighted by Crippen LogP contribution is 2.76. The van der Waals surface area contributed by atoms with Crippen LogP contribution in [0.1, 0.15) is 148 Å². The van der Waals surface area contributed by atoms with Gasteiger partial charge in [-0.15, -0.1) is 0 Å². The van der Waals surface area contributed by atoms with Crippen LogP contribution in [0.5, 0.6) is 5.75 Å². The molecule has 41 nitrogen and oxygen atoms in total. The van der Waals surface area contributed by atoms with E-state index in [2.05, 4.69) is 42.8 Å². The van der Waals surface area contributed by atoms with Crippen molar-refractivity contribution in [2.24, 2.45) is 50.2 Å². The zero-order valence-electron chi connectivity index (χ0n) is 75.2. The maximum Gasteiger partial charge on any atom is 0.336 e. The molecule has 6 saturated heterocycles. The minimum Gasteiger partial charge on any atom is -0.508 e. The van der Waals surface area contributed by atoms with Gasteiger partial charge >= 0.3 is 17.9 Å². The third-order valence-corrected chi connectivity index (χ3v) is 31.5. The number of allylic oxidation sites excluding steroid dienone is 2. The van der Waals surface area contributed by atoms with Crippen LogP contribution in [0.25, 0.3) is 33.4 Å². The number of aromatic carboxylic acids is 1. The van der Waals surface area contributed by atoms with E-state index < -0.39 is 279 Å². The summed E-state index contributed by atoms with van der Waals surface area (Å²) in [4.78, 5) is 83.6. The quantitative estimate of drug-likeness (QED) is 0.00711. The molecule has 0 bridgehead atoms. The van der Waals surface area contributed by atoms with Crippen molar-refractivity contribution in [1.29, 1.82) is 0 Å². The number of carboxylic acids is 2. The maximum absolute atomic E-state index is 16.3. The normalized spacial score (nSPS) is 42.7. The first kappa shape index (κ1) is 101. The van der Waals surface area contributed by atoms with Crippen molar-refractivity contribution in [2.75, 3.05) is 38.3 Å². The van der Waals surface area contributed by atoms with Gasteiger partial charge in [-0.3, -0.25) is 14.4 Å². The Bertz CT molecular complexity index is 5010. The average molecular weight is 1910 g/mol. The standard InChI is InChI=1S/C92H125N3O38S/c1-37-26-39(27-44(77(116)117)58(37)59-42-15-13-40(99)28-49(42)124-50-29-41(100)14-16-43(50)59)94-86(134)93-25-11-9-10-12-57(104)95-60-51(32-96)125-83(75(64(60)108)131-81-70(114)66(110)72(38(2)123-81)128-79-67(111)61(105)47(101)34-121-79)133-85(120)92-24-23-87(3,4)30-46(92)45-17-18-54-88(5)21-20-56(89(6,36-98)53(88)19-22-90(54,7)91(45,8)31-55(92)103)127-84-76(132-82-69(113)65(109)63(107)52(33-97)126-82)73(71(115)74(130-84)78(118)119)129-80-68(112)62(106)48(102)35-122-80/h13-17,26-29,36,38,46-48,51-56,60-76,79-84,96-97,99,101-103,105-115H,9-12,18-25,30-35H2,1-8H3,(H,95,104)(H,116,117)(H,118,119)(H2,93,94,134)/t38-,46-,47+,48+,51+,52+,53+,54+,55+,56-,60-,61-,62-,63-,64-,65-,66-,67+,68+,69+,70+,71-,72-,73-,74-,75+,76+,79-,80-,81-,82-,83-,84+,88-,89-,90+,91+,92+/m0/s1. The number of anilines is 1. The molecule has 7 heterocycles. The SMILES string of the molecule is Cc1cc(NC(=S)NCCCCCC(=O)N[C@@H]2[C@H](O)[C@@H](O[C@@H]3O[C@@H](C)[C@H](O[C@@H]4OC[C@@H](O)[C@H](O)[C@H]4O)[C@@H](O)[C@H]3O)[C@H](OC(=O)[C@]34CCC(C)(C)C[C@H]3C3=CC[C@@H]5[C@@]6(C)CC[C@H](O[C@@H]7O[C@H](C(=O)O)[C@@H](O)[C@H](O[C@@H]8OC[C@@H](O)[C@H](O)[C@H]8O)[C@H]7O[C@@H]7O[C@H](CO)[C@H](O)[C@H](O)[C@H]7O)[C@@](C)(C=O)[C@@H]6CC[C@@]5(C)[C@]3(C)C[C@H]4O)O[C@@H]2CO)cc(C(=O)O)c1-c1c2ccc(=O)cc-2oc2cc(O)ccc12. The van der Waals surface area contributed by atoms with Gasteiger partial charge in [0.25, 0.3) is 0 Å². The Hall–Kier alpha value is -7.17. The number of hydrogen-bond donors (Lipinski definition) is 22. The number of fused-ring (bicyclic) bond motifs is 9. The molecule has 0 spiro atoms. The summed E-state index contributed by atoms with van der Waals surface area (Å²) in [6.45, 7) is 12.6. The number of hydrogen-bond acceptors (Lipinski definition) is 37. The Labute approximate surface area is 774 Å². The molecule has 2 aromatic rings. The fourth-order valence-electron chi connectivity index (χ4n) is 23.7. The molecule has 2 aromatic carbocycles. The predicted octanol–water partition coefficient (Wildman–Crippen LogP) is -0.578. The first-order valence-corrected chi connectivity index (χ1v) is 46.1. The molecule has 7 aliphatic heterocycles. The third kappa shape index (κ3) is 18.5. The van der Waals surface area contributed by atoms with E-state index in [0.717, 1.165) is 11.9 Å². The van der Waals surface area contributed by atoms with Crippen molar-refractivity contribution in [3.05, 3.63) is 81.5 Å². The Balaban J connectivity index is 0.653. The van der Waals surface area contributed by atoms with Crippen molar-refractivity contribution in [2.45, 2.75) is 323 Å². The molecule has 0 aromatic heterocycles. The number of nitrogens with one attached hydrogen (secondary N) is 3. The lowest BCUT2D eigenvalue weighted by Gasteiger charge is -2.71. The van der Waals surface area contributed by atoms with Crippen LogP contribution in [0.2, 0.25) is 0 Å². The largest absolute Gasteiger partial charge is 0.508 e. The number of rotatable bonds is 26. The van der Waals surface area contributed by atoms with Gasteiger partial charge in [-0.1, -0.05) is 59.6 Å². The first-order valence-electron chi connectivity index (χ1n) is 45.7. The Morgan fingerprint density at radius 2 is 1.25 bits per heavy atom. The summed E-state index contributed by atoms with van der Waals surface area (Å²) in [5.41, 5.74) is -3.45. The third-order valence-electron chi connectivity index (χ3n) is 31.3. The smallest absolute Gasteiger partial charge is 0.336 e. The number of amides is 1. The maximum atomic E-state index is 16.3. The summed E-state index contributed by atoms with van der Waals surface area (Å²) in [5.74, 6) is -6.20. The lowest BCUT2D eigenvalue weighted by atomic mass is 9.33. The number of carbonyl (C=O) groups excluding carboxylic acids is 3. The van der Waals surface area contributed by atoms with E-state index in [1.54, 1.807) is 32.0 Å². The van der Waals surface area contributed by atoms with Crippen molar-refractivity contribution in [3.63, 3.8) is 0 Å². The summed E-state index contributed by atoms with van der Waals surface area (Å²) in [5, 5.41) is 221. The molecule has 38 atom stereocenters. The number of unbranched alkanes of at least 4 members (excludes halogenated alkanes) is 2. The summed E-state index contributed by atoms with van der Waals surface area (Å²) < 4.78 is 79.4. The van der Waals surface area contributed by atoms with Crippen LogP contribution in [-0.2, 0) is 76.0 Å². The van der Waals surface area contributed by atoms with E-state index in [9.17, 15) is 121 Å². The number of aliphatic hydroxyl groups is 16. The van der Waals surface area contributed by atoms with Crippen LogP contribution in [0.3, 0.4) is 0 Å². The summed E-state index contributed by atoms with van der Waals surface area (Å²) in [6.07, 6.45) is -47.3. The van der Waals surface area contributed by atoms with E-state index in [1.807, 2.05) is 13.8 Å². The van der Waals surface area contributed by atoms with Crippen LogP contribution in [0.15, 0.2) is 69.4 Å². The van der Waals surface area contributed by atoms with Gasteiger partial charge in [0.15, 0.2) is 54.2 Å². The fourth-order valence-corrected chi connectivity index (χ4v) is 23.9. The minimum atomic E-state index is -2.25. The molecule has 10 fully saturated rings. The van der Waals surface area contributed by atoms with Gasteiger partial charge in [-0.2, -0.15) is 0 Å². The molecular formula is C92H125N3O38S.